The molecule has 1 atom stereocenters. The highest BCUT2D eigenvalue weighted by Crippen LogP contribution is 2.28. The van der Waals surface area contributed by atoms with E-state index in [0.29, 0.717) is 6.42 Å². The van der Waals surface area contributed by atoms with Crippen molar-refractivity contribution in [1.82, 2.24) is 4.90 Å². The lowest BCUT2D eigenvalue weighted by Crippen LogP contribution is -2.36. The van der Waals surface area contributed by atoms with Gasteiger partial charge in [-0.3, -0.25) is 9.69 Å². The second kappa shape index (κ2) is 8.06. The second-order valence-corrected chi connectivity index (χ2v) is 7.12. The Labute approximate surface area is 154 Å². The molecule has 0 aliphatic carbocycles. The van der Waals surface area contributed by atoms with Crippen molar-refractivity contribution in [3.05, 3.63) is 54.0 Å². The number of hydrogen-bond donors (Lipinski definition) is 0. The van der Waals surface area contributed by atoms with E-state index in [0.717, 1.165) is 63.5 Å². The van der Waals surface area contributed by atoms with Crippen molar-refractivity contribution in [2.75, 3.05) is 31.1 Å². The summed E-state index contributed by atoms with van der Waals surface area (Å²) in [6.07, 6.45) is 5.67. The summed E-state index contributed by atoms with van der Waals surface area (Å²) in [4.78, 5) is 17.0. The SMILES string of the molecule is O=C(CCN(Cc1ccco1)CC1CCCO1)N1CCc2ccccc21. The van der Waals surface area contributed by atoms with Gasteiger partial charge in [0.1, 0.15) is 5.76 Å². The molecule has 1 fully saturated rings. The fourth-order valence-corrected chi connectivity index (χ4v) is 3.92. The first-order chi connectivity index (χ1) is 12.8. The van der Waals surface area contributed by atoms with Gasteiger partial charge in [0.15, 0.2) is 0 Å². The third kappa shape index (κ3) is 4.00. The van der Waals surface area contributed by atoms with Crippen molar-refractivity contribution in [2.45, 2.75) is 38.3 Å². The van der Waals surface area contributed by atoms with Crippen molar-refractivity contribution in [1.29, 1.82) is 0 Å². The van der Waals surface area contributed by atoms with E-state index in [4.69, 9.17) is 9.15 Å². The van der Waals surface area contributed by atoms with Crippen molar-refractivity contribution in [2.24, 2.45) is 0 Å². The largest absolute Gasteiger partial charge is 0.468 e. The summed E-state index contributed by atoms with van der Waals surface area (Å²) in [6, 6.07) is 12.1. The van der Waals surface area contributed by atoms with E-state index in [9.17, 15) is 4.79 Å². The number of rotatable bonds is 7. The van der Waals surface area contributed by atoms with Gasteiger partial charge < -0.3 is 14.1 Å². The van der Waals surface area contributed by atoms with Crippen LogP contribution in [-0.4, -0.2) is 43.2 Å². The van der Waals surface area contributed by atoms with E-state index in [1.54, 1.807) is 6.26 Å². The van der Waals surface area contributed by atoms with Gasteiger partial charge in [0.2, 0.25) is 5.91 Å². The molecule has 2 aliphatic rings. The number of amides is 1. The van der Waals surface area contributed by atoms with Crippen molar-refractivity contribution >= 4 is 11.6 Å². The Morgan fingerprint density at radius 3 is 2.96 bits per heavy atom. The van der Waals surface area contributed by atoms with Gasteiger partial charge in [0.05, 0.1) is 18.9 Å². The summed E-state index contributed by atoms with van der Waals surface area (Å²) < 4.78 is 11.3. The molecule has 1 aromatic heterocycles. The highest BCUT2D eigenvalue weighted by atomic mass is 16.5. The third-order valence-electron chi connectivity index (χ3n) is 5.28. The van der Waals surface area contributed by atoms with Gasteiger partial charge >= 0.3 is 0 Å². The van der Waals surface area contributed by atoms with Crippen LogP contribution in [0.5, 0.6) is 0 Å². The van der Waals surface area contributed by atoms with E-state index < -0.39 is 0 Å². The van der Waals surface area contributed by atoms with Crippen LogP contribution in [0.15, 0.2) is 47.1 Å². The minimum absolute atomic E-state index is 0.201. The summed E-state index contributed by atoms with van der Waals surface area (Å²) >= 11 is 0. The number of benzene rings is 1. The fraction of sp³-hybridized carbons (Fsp3) is 0.476. The summed E-state index contributed by atoms with van der Waals surface area (Å²) in [5.74, 6) is 1.13. The molecule has 138 valence electrons. The van der Waals surface area contributed by atoms with Crippen LogP contribution < -0.4 is 4.90 Å². The molecule has 0 saturated carbocycles. The van der Waals surface area contributed by atoms with E-state index in [1.165, 1.54) is 5.56 Å². The Bertz CT molecular complexity index is 723. The van der Waals surface area contributed by atoms with Gasteiger partial charge in [0.25, 0.3) is 0 Å². The number of anilines is 1. The Balaban J connectivity index is 1.36. The van der Waals surface area contributed by atoms with Crippen LogP contribution in [0.2, 0.25) is 0 Å². The maximum absolute atomic E-state index is 12.8. The minimum Gasteiger partial charge on any atom is -0.468 e. The first-order valence-electron chi connectivity index (χ1n) is 9.54. The highest BCUT2D eigenvalue weighted by Gasteiger charge is 2.25. The normalized spacial score (nSPS) is 19.3. The van der Waals surface area contributed by atoms with E-state index in [2.05, 4.69) is 11.0 Å². The molecule has 0 N–H and O–H groups in total. The van der Waals surface area contributed by atoms with Crippen LogP contribution in [0.4, 0.5) is 5.69 Å². The Morgan fingerprint density at radius 2 is 2.15 bits per heavy atom. The minimum atomic E-state index is 0.201. The van der Waals surface area contributed by atoms with Crippen LogP contribution >= 0.6 is 0 Å². The van der Waals surface area contributed by atoms with Gasteiger partial charge in [-0.1, -0.05) is 18.2 Å². The Kier molecular flexibility index (Phi) is 5.37. The molecule has 4 rings (SSSR count). The first-order valence-corrected chi connectivity index (χ1v) is 9.54. The second-order valence-electron chi connectivity index (χ2n) is 7.12. The number of carbonyl (C=O) groups is 1. The summed E-state index contributed by atoms with van der Waals surface area (Å²) in [5.41, 5.74) is 2.35. The zero-order chi connectivity index (χ0) is 17.8. The van der Waals surface area contributed by atoms with Gasteiger partial charge in [-0.25, -0.2) is 0 Å². The zero-order valence-electron chi connectivity index (χ0n) is 15.1. The summed E-state index contributed by atoms with van der Waals surface area (Å²) in [6.45, 7) is 3.93. The van der Waals surface area contributed by atoms with Crippen molar-refractivity contribution < 1.29 is 13.9 Å². The predicted molar refractivity (Wildman–Crippen MR) is 100 cm³/mol. The molecule has 1 amide bonds. The summed E-state index contributed by atoms with van der Waals surface area (Å²) in [5, 5.41) is 0. The molecule has 5 heteroatoms. The molecule has 2 aromatic rings. The number of nitrogens with zero attached hydrogens (tertiary/aromatic N) is 2. The van der Waals surface area contributed by atoms with Crippen molar-refractivity contribution in [3.8, 4) is 0 Å². The molecule has 0 radical (unpaired) electrons. The topological polar surface area (TPSA) is 45.9 Å². The standard InChI is InChI=1S/C21H26N2O3/c24-21(23-12-9-17-5-1-2-8-20(17)23)10-11-22(15-18-6-3-13-25-18)16-19-7-4-14-26-19/h1-3,5-6,8,13,19H,4,7,9-12,14-16H2. The predicted octanol–water partition coefficient (Wildman–Crippen LogP) is 3.24. The Hall–Kier alpha value is -2.11. The quantitative estimate of drug-likeness (QED) is 0.766. The van der Waals surface area contributed by atoms with Gasteiger partial charge in [-0.15, -0.1) is 0 Å². The molecule has 3 heterocycles. The molecule has 2 aliphatic heterocycles. The smallest absolute Gasteiger partial charge is 0.228 e. The van der Waals surface area contributed by atoms with Gasteiger partial charge in [-0.2, -0.15) is 0 Å². The lowest BCUT2D eigenvalue weighted by molar-refractivity contribution is -0.119. The van der Waals surface area contributed by atoms with Crippen LogP contribution in [-0.2, 0) is 22.5 Å². The first kappa shape index (κ1) is 17.3. The van der Waals surface area contributed by atoms with Crippen LogP contribution in [0.25, 0.3) is 0 Å². The zero-order valence-corrected chi connectivity index (χ0v) is 15.1. The maximum atomic E-state index is 12.8. The molecule has 1 aromatic carbocycles. The molecule has 1 saturated heterocycles. The molecule has 5 nitrogen and oxygen atoms in total. The lowest BCUT2D eigenvalue weighted by atomic mass is 10.2. The number of fused-ring (bicyclic) bond motifs is 1. The van der Waals surface area contributed by atoms with E-state index >= 15 is 0 Å². The average molecular weight is 354 g/mol. The average Bonchev–Trinajstić information content (AvgIpc) is 3.41. The Morgan fingerprint density at radius 1 is 1.23 bits per heavy atom. The van der Waals surface area contributed by atoms with E-state index in [-0.39, 0.29) is 12.0 Å². The summed E-state index contributed by atoms with van der Waals surface area (Å²) in [7, 11) is 0. The number of furan rings is 1. The molecule has 26 heavy (non-hydrogen) atoms. The van der Waals surface area contributed by atoms with Gasteiger partial charge in [0, 0.05) is 38.3 Å². The lowest BCUT2D eigenvalue weighted by Gasteiger charge is -2.25. The molecule has 0 bridgehead atoms. The highest BCUT2D eigenvalue weighted by molar-refractivity contribution is 5.95. The maximum Gasteiger partial charge on any atom is 0.228 e. The van der Waals surface area contributed by atoms with Crippen LogP contribution in [0.3, 0.4) is 0 Å². The number of hydrogen-bond acceptors (Lipinski definition) is 4. The number of carbonyl (C=O) groups excluding carboxylic acids is 1. The molecular weight excluding hydrogens is 328 g/mol. The van der Waals surface area contributed by atoms with Crippen LogP contribution in [0.1, 0.15) is 30.6 Å². The van der Waals surface area contributed by atoms with Crippen molar-refractivity contribution in [3.63, 3.8) is 0 Å². The molecule has 0 spiro atoms. The third-order valence-corrected chi connectivity index (χ3v) is 5.28. The number of para-hydroxylation sites is 1. The number of ether oxygens (including phenoxy) is 1. The monoisotopic (exact) mass is 354 g/mol. The van der Waals surface area contributed by atoms with Crippen LogP contribution in [0, 0.1) is 0 Å². The molecule has 1 unspecified atom stereocenters. The van der Waals surface area contributed by atoms with Gasteiger partial charge in [-0.05, 0) is 43.0 Å². The fourth-order valence-electron chi connectivity index (χ4n) is 3.92. The van der Waals surface area contributed by atoms with E-state index in [1.807, 2.05) is 35.2 Å². The molecular formula is C21H26N2O3.